The van der Waals surface area contributed by atoms with E-state index in [0.29, 0.717) is 0 Å². The van der Waals surface area contributed by atoms with Gasteiger partial charge in [-0.25, -0.2) is 0 Å². The number of carbonyl (C=O) groups excluding carboxylic acids is 1. The first kappa shape index (κ1) is 21.3. The second-order valence-electron chi connectivity index (χ2n) is 5.31. The molecule has 26 heavy (non-hydrogen) atoms. The van der Waals surface area contributed by atoms with E-state index in [-0.39, 0.29) is 17.4 Å². The minimum absolute atomic E-state index is 0.158. The quantitative estimate of drug-likeness (QED) is 0.317. The summed E-state index contributed by atoms with van der Waals surface area (Å²) in [4.78, 5) is 12.3. The molecule has 0 fully saturated rings. The normalized spacial score (nSPS) is 12.2. The molecule has 0 unspecified atom stereocenters. The molecule has 138 valence electrons. The largest absolute Gasteiger partial charge is 0.339 e. The van der Waals surface area contributed by atoms with Crippen LogP contribution < -0.4 is 16.0 Å². The molecule has 0 heterocycles. The monoisotopic (exact) mass is 493 g/mol. The lowest BCUT2D eigenvalue weighted by Gasteiger charge is -2.27. The SMILES string of the molecule is O=C(Cc1ccccc1)N[C@@H](NC(=S)Nc1cccc(Br)c1)C(Cl)(Cl)Cl. The van der Waals surface area contributed by atoms with Crippen LogP contribution in [0.15, 0.2) is 59.1 Å². The van der Waals surface area contributed by atoms with Crippen LogP contribution in [-0.2, 0) is 11.2 Å². The fraction of sp³-hybridized carbons (Fsp3) is 0.176. The van der Waals surface area contributed by atoms with Crippen molar-refractivity contribution in [1.82, 2.24) is 10.6 Å². The van der Waals surface area contributed by atoms with Gasteiger partial charge in [0.2, 0.25) is 9.70 Å². The molecule has 0 aromatic heterocycles. The van der Waals surface area contributed by atoms with Crippen LogP contribution in [0.4, 0.5) is 5.69 Å². The lowest BCUT2D eigenvalue weighted by Crippen LogP contribution is -2.56. The number of anilines is 1. The van der Waals surface area contributed by atoms with E-state index in [0.717, 1.165) is 15.7 Å². The third-order valence-corrected chi connectivity index (χ3v) is 4.57. The predicted molar refractivity (Wildman–Crippen MR) is 116 cm³/mol. The van der Waals surface area contributed by atoms with Crippen LogP contribution in [0.2, 0.25) is 0 Å². The summed E-state index contributed by atoms with van der Waals surface area (Å²) in [6.45, 7) is 0. The average molecular weight is 496 g/mol. The van der Waals surface area contributed by atoms with Crippen molar-refractivity contribution in [2.75, 3.05) is 5.32 Å². The smallest absolute Gasteiger partial charge is 0.228 e. The van der Waals surface area contributed by atoms with E-state index in [2.05, 4.69) is 31.9 Å². The maximum Gasteiger partial charge on any atom is 0.228 e. The number of benzene rings is 2. The van der Waals surface area contributed by atoms with Gasteiger partial charge in [0, 0.05) is 10.2 Å². The topological polar surface area (TPSA) is 53.2 Å². The number of halogens is 4. The standard InChI is InChI=1S/C17H15BrCl3N3OS/c18-12-7-4-8-13(10-12)22-16(26)24-15(17(19,20)21)23-14(25)9-11-5-2-1-3-6-11/h1-8,10,15H,9H2,(H,23,25)(H2,22,24,26)/t15-/m0/s1. The van der Waals surface area contributed by atoms with Crippen LogP contribution in [-0.4, -0.2) is 21.0 Å². The Morgan fingerprint density at radius 2 is 1.77 bits per heavy atom. The van der Waals surface area contributed by atoms with Gasteiger partial charge in [-0.2, -0.15) is 0 Å². The Balaban J connectivity index is 1.98. The molecule has 2 aromatic rings. The van der Waals surface area contributed by atoms with Crippen LogP contribution in [0.25, 0.3) is 0 Å². The van der Waals surface area contributed by atoms with Gasteiger partial charge >= 0.3 is 0 Å². The molecule has 0 bridgehead atoms. The number of amides is 1. The number of thiocarbonyl (C=S) groups is 1. The molecule has 0 aliphatic carbocycles. The number of rotatable bonds is 5. The van der Waals surface area contributed by atoms with E-state index in [9.17, 15) is 4.79 Å². The van der Waals surface area contributed by atoms with Gasteiger partial charge in [-0.3, -0.25) is 4.79 Å². The van der Waals surface area contributed by atoms with Crippen LogP contribution >= 0.6 is 63.0 Å². The molecule has 2 rings (SSSR count). The third-order valence-electron chi connectivity index (χ3n) is 3.20. The van der Waals surface area contributed by atoms with Crippen molar-refractivity contribution in [2.24, 2.45) is 0 Å². The zero-order chi connectivity index (χ0) is 19.2. The van der Waals surface area contributed by atoms with Crippen molar-refractivity contribution in [2.45, 2.75) is 16.4 Å². The molecule has 9 heteroatoms. The Hall–Kier alpha value is -1.05. The lowest BCUT2D eigenvalue weighted by molar-refractivity contribution is -0.121. The Bertz CT molecular complexity index is 771. The van der Waals surface area contributed by atoms with Crippen molar-refractivity contribution in [3.05, 3.63) is 64.6 Å². The Morgan fingerprint density at radius 3 is 2.38 bits per heavy atom. The molecular formula is C17H15BrCl3N3OS. The number of nitrogens with one attached hydrogen (secondary N) is 3. The molecule has 2 aromatic carbocycles. The predicted octanol–water partition coefficient (Wildman–Crippen LogP) is 4.79. The van der Waals surface area contributed by atoms with Crippen molar-refractivity contribution in [1.29, 1.82) is 0 Å². The van der Waals surface area contributed by atoms with E-state index in [4.69, 9.17) is 47.0 Å². The van der Waals surface area contributed by atoms with Gasteiger partial charge in [-0.15, -0.1) is 0 Å². The highest BCUT2D eigenvalue weighted by atomic mass is 79.9. The van der Waals surface area contributed by atoms with E-state index in [1.54, 1.807) is 0 Å². The maximum absolute atomic E-state index is 12.3. The molecule has 0 radical (unpaired) electrons. The molecule has 0 aliphatic heterocycles. The van der Waals surface area contributed by atoms with Crippen LogP contribution in [0.1, 0.15) is 5.56 Å². The van der Waals surface area contributed by atoms with Crippen LogP contribution in [0, 0.1) is 0 Å². The number of carbonyl (C=O) groups is 1. The highest BCUT2D eigenvalue weighted by Crippen LogP contribution is 2.29. The third kappa shape index (κ3) is 7.29. The van der Waals surface area contributed by atoms with Gasteiger partial charge in [0.05, 0.1) is 6.42 Å². The van der Waals surface area contributed by atoms with Crippen molar-refractivity contribution in [3.63, 3.8) is 0 Å². The molecule has 1 amide bonds. The number of hydrogen-bond donors (Lipinski definition) is 3. The summed E-state index contributed by atoms with van der Waals surface area (Å²) in [5, 5.41) is 8.65. The fourth-order valence-electron chi connectivity index (χ4n) is 2.06. The molecule has 1 atom stereocenters. The Labute approximate surface area is 180 Å². The summed E-state index contributed by atoms with van der Waals surface area (Å²) in [6, 6.07) is 16.7. The lowest BCUT2D eigenvalue weighted by atomic mass is 10.1. The van der Waals surface area contributed by atoms with Gasteiger partial charge in [0.25, 0.3) is 0 Å². The van der Waals surface area contributed by atoms with E-state index in [1.165, 1.54) is 0 Å². The minimum Gasteiger partial charge on any atom is -0.339 e. The first-order valence-electron chi connectivity index (χ1n) is 7.47. The van der Waals surface area contributed by atoms with Crippen molar-refractivity contribution in [3.8, 4) is 0 Å². The summed E-state index contributed by atoms with van der Waals surface area (Å²) >= 11 is 26.5. The zero-order valence-electron chi connectivity index (χ0n) is 13.3. The molecule has 4 nitrogen and oxygen atoms in total. The van der Waals surface area contributed by atoms with E-state index in [1.807, 2.05) is 54.6 Å². The van der Waals surface area contributed by atoms with Gasteiger partial charge in [0.15, 0.2) is 5.11 Å². The summed E-state index contributed by atoms with van der Waals surface area (Å²) in [7, 11) is 0. The fourth-order valence-corrected chi connectivity index (χ4v) is 3.02. The highest BCUT2D eigenvalue weighted by molar-refractivity contribution is 9.10. The summed E-state index contributed by atoms with van der Waals surface area (Å²) in [5.41, 5.74) is 1.60. The molecular weight excluding hydrogens is 481 g/mol. The van der Waals surface area contributed by atoms with Crippen LogP contribution in [0.3, 0.4) is 0 Å². The molecule has 0 aliphatic rings. The number of hydrogen-bond acceptors (Lipinski definition) is 2. The van der Waals surface area contributed by atoms with E-state index >= 15 is 0 Å². The summed E-state index contributed by atoms with van der Waals surface area (Å²) in [5.74, 6) is -0.301. The molecule has 0 saturated heterocycles. The Kier molecular flexibility index (Phi) is 7.98. The highest BCUT2D eigenvalue weighted by Gasteiger charge is 2.34. The first-order valence-corrected chi connectivity index (χ1v) is 9.80. The molecule has 0 saturated carbocycles. The Morgan fingerprint density at radius 1 is 1.08 bits per heavy atom. The van der Waals surface area contributed by atoms with Gasteiger partial charge < -0.3 is 16.0 Å². The summed E-state index contributed by atoms with van der Waals surface area (Å²) < 4.78 is -0.908. The molecule has 3 N–H and O–H groups in total. The van der Waals surface area contributed by atoms with Gasteiger partial charge in [-0.1, -0.05) is 87.1 Å². The van der Waals surface area contributed by atoms with Gasteiger partial charge in [-0.05, 0) is 36.0 Å². The van der Waals surface area contributed by atoms with Gasteiger partial charge in [0.1, 0.15) is 6.17 Å². The minimum atomic E-state index is -1.80. The maximum atomic E-state index is 12.3. The van der Waals surface area contributed by atoms with Crippen LogP contribution in [0.5, 0.6) is 0 Å². The second kappa shape index (κ2) is 9.76. The van der Waals surface area contributed by atoms with Crippen molar-refractivity contribution >= 4 is 79.7 Å². The molecule has 0 spiro atoms. The second-order valence-corrected chi connectivity index (χ2v) is 9.01. The first-order chi connectivity index (χ1) is 12.2. The van der Waals surface area contributed by atoms with Crippen molar-refractivity contribution < 1.29 is 4.79 Å². The average Bonchev–Trinajstić information content (AvgIpc) is 2.54. The zero-order valence-corrected chi connectivity index (χ0v) is 18.0. The summed E-state index contributed by atoms with van der Waals surface area (Å²) in [6.07, 6.45) is -0.846. The number of alkyl halides is 3. The van der Waals surface area contributed by atoms with E-state index < -0.39 is 9.96 Å².